The van der Waals surface area contributed by atoms with Gasteiger partial charge in [0.25, 0.3) is 0 Å². The van der Waals surface area contributed by atoms with E-state index in [-0.39, 0.29) is 19.5 Å². The molecule has 1 heterocycles. The molecular weight excluding hydrogens is 356 g/mol. The Morgan fingerprint density at radius 3 is 1.33 bits per heavy atom. The van der Waals surface area contributed by atoms with Gasteiger partial charge in [-0.1, -0.05) is 6.92 Å². The largest absolute Gasteiger partial charge is 0.481 e. The van der Waals surface area contributed by atoms with Crippen molar-refractivity contribution in [2.24, 2.45) is 0 Å². The number of likely N-dealkylation sites (N-methyl/N-ethyl adjacent to an activating group) is 1. The van der Waals surface area contributed by atoms with E-state index in [1.54, 1.807) is 4.90 Å². The van der Waals surface area contributed by atoms with Gasteiger partial charge in [0.15, 0.2) is 0 Å². The molecule has 0 radical (unpaired) electrons. The molecular formula is C17H32N4O6. The molecule has 0 aromatic carbocycles. The molecule has 3 N–H and O–H groups in total. The third-order valence-electron chi connectivity index (χ3n) is 4.74. The van der Waals surface area contributed by atoms with Crippen molar-refractivity contribution in [1.82, 2.24) is 19.6 Å². The number of carboxylic acid groups (broad SMARTS) is 3. The monoisotopic (exact) mass is 388 g/mol. The summed E-state index contributed by atoms with van der Waals surface area (Å²) < 4.78 is 0. The van der Waals surface area contributed by atoms with Crippen LogP contribution in [0.5, 0.6) is 0 Å². The Bertz CT molecular complexity index is 490. The molecule has 156 valence electrons. The summed E-state index contributed by atoms with van der Waals surface area (Å²) in [5.41, 5.74) is 0. The fourth-order valence-electron chi connectivity index (χ4n) is 3.07. The van der Waals surface area contributed by atoms with Gasteiger partial charge in [0.1, 0.15) is 0 Å². The van der Waals surface area contributed by atoms with Crippen LogP contribution in [0.1, 0.15) is 13.3 Å². The van der Waals surface area contributed by atoms with E-state index < -0.39 is 17.9 Å². The highest BCUT2D eigenvalue weighted by molar-refractivity contribution is 5.69. The molecule has 0 atom stereocenters. The lowest BCUT2D eigenvalue weighted by Gasteiger charge is -2.33. The number of rotatable bonds is 8. The number of hydrogen-bond acceptors (Lipinski definition) is 7. The Labute approximate surface area is 159 Å². The van der Waals surface area contributed by atoms with Crippen molar-refractivity contribution in [3.63, 3.8) is 0 Å². The minimum absolute atomic E-state index is 0.0530. The Kier molecular flexibility index (Phi) is 10.9. The van der Waals surface area contributed by atoms with Gasteiger partial charge < -0.3 is 25.1 Å². The maximum absolute atomic E-state index is 11.1. The van der Waals surface area contributed by atoms with E-state index in [9.17, 15) is 14.4 Å². The van der Waals surface area contributed by atoms with E-state index in [4.69, 9.17) is 15.3 Å². The van der Waals surface area contributed by atoms with Crippen LogP contribution in [0, 0.1) is 0 Å². The summed E-state index contributed by atoms with van der Waals surface area (Å²) in [4.78, 5) is 41.0. The van der Waals surface area contributed by atoms with Gasteiger partial charge >= 0.3 is 17.9 Å². The van der Waals surface area contributed by atoms with E-state index in [0.717, 1.165) is 19.6 Å². The van der Waals surface area contributed by atoms with Gasteiger partial charge in [-0.3, -0.25) is 24.2 Å². The maximum atomic E-state index is 11.1. The van der Waals surface area contributed by atoms with Gasteiger partial charge in [-0.2, -0.15) is 0 Å². The zero-order valence-electron chi connectivity index (χ0n) is 16.0. The molecule has 0 saturated carbocycles. The predicted molar refractivity (Wildman–Crippen MR) is 99.0 cm³/mol. The molecule has 0 spiro atoms. The molecule has 0 bridgehead atoms. The first-order chi connectivity index (χ1) is 12.8. The second-order valence-electron chi connectivity index (χ2n) is 6.76. The number of aliphatic carboxylic acids is 3. The SMILES string of the molecule is CCN1CCN(CCC(=O)O)CCN(CC(=O)O)CCN(CC(=O)O)CC1. The normalized spacial score (nSPS) is 19.9. The van der Waals surface area contributed by atoms with Crippen LogP contribution in [0.2, 0.25) is 0 Å². The maximum Gasteiger partial charge on any atom is 0.317 e. The van der Waals surface area contributed by atoms with Crippen LogP contribution < -0.4 is 0 Å². The molecule has 10 nitrogen and oxygen atoms in total. The lowest BCUT2D eigenvalue weighted by Crippen LogP contribution is -2.47. The van der Waals surface area contributed by atoms with Crippen molar-refractivity contribution < 1.29 is 29.7 Å². The summed E-state index contributed by atoms with van der Waals surface area (Å²) in [6.07, 6.45) is 0.0530. The third-order valence-corrected chi connectivity index (χ3v) is 4.74. The molecule has 1 saturated heterocycles. The van der Waals surface area contributed by atoms with Crippen LogP contribution in [0.15, 0.2) is 0 Å². The van der Waals surface area contributed by atoms with Crippen molar-refractivity contribution in [1.29, 1.82) is 0 Å². The van der Waals surface area contributed by atoms with Crippen LogP contribution >= 0.6 is 0 Å². The van der Waals surface area contributed by atoms with Crippen LogP contribution in [-0.2, 0) is 14.4 Å². The molecule has 0 aromatic heterocycles. The first kappa shape index (κ1) is 23.3. The van der Waals surface area contributed by atoms with E-state index >= 15 is 0 Å². The van der Waals surface area contributed by atoms with E-state index in [1.807, 2.05) is 11.8 Å². The second kappa shape index (κ2) is 12.6. The second-order valence-corrected chi connectivity index (χ2v) is 6.76. The quantitative estimate of drug-likeness (QED) is 0.470. The predicted octanol–water partition coefficient (Wildman–Crippen LogP) is -1.13. The molecule has 1 rings (SSSR count). The molecule has 1 aliphatic rings. The lowest BCUT2D eigenvalue weighted by molar-refractivity contribution is -0.140. The summed E-state index contributed by atoms with van der Waals surface area (Å²) >= 11 is 0. The Balaban J connectivity index is 2.80. The molecule has 0 unspecified atom stereocenters. The fourth-order valence-corrected chi connectivity index (χ4v) is 3.07. The van der Waals surface area contributed by atoms with Crippen molar-refractivity contribution in [2.45, 2.75) is 13.3 Å². The van der Waals surface area contributed by atoms with E-state index in [0.29, 0.717) is 45.8 Å². The van der Waals surface area contributed by atoms with Crippen LogP contribution in [0.3, 0.4) is 0 Å². The smallest absolute Gasteiger partial charge is 0.317 e. The highest BCUT2D eigenvalue weighted by atomic mass is 16.4. The van der Waals surface area contributed by atoms with Crippen LogP contribution in [-0.4, -0.2) is 131 Å². The van der Waals surface area contributed by atoms with Crippen molar-refractivity contribution >= 4 is 17.9 Å². The molecule has 10 heteroatoms. The highest BCUT2D eigenvalue weighted by Gasteiger charge is 2.18. The molecule has 0 amide bonds. The van der Waals surface area contributed by atoms with Crippen molar-refractivity contribution in [3.05, 3.63) is 0 Å². The topological polar surface area (TPSA) is 125 Å². The summed E-state index contributed by atoms with van der Waals surface area (Å²) in [5, 5.41) is 27.2. The van der Waals surface area contributed by atoms with Gasteiger partial charge in [0.05, 0.1) is 19.5 Å². The zero-order valence-corrected chi connectivity index (χ0v) is 16.0. The van der Waals surface area contributed by atoms with Gasteiger partial charge in [-0.05, 0) is 6.54 Å². The minimum atomic E-state index is -0.930. The zero-order chi connectivity index (χ0) is 20.2. The summed E-state index contributed by atoms with van der Waals surface area (Å²) in [5.74, 6) is -2.67. The number of carbonyl (C=O) groups is 3. The molecule has 0 aromatic rings. The highest BCUT2D eigenvalue weighted by Crippen LogP contribution is 2.02. The van der Waals surface area contributed by atoms with E-state index in [1.165, 1.54) is 0 Å². The lowest BCUT2D eigenvalue weighted by atomic mass is 10.3. The van der Waals surface area contributed by atoms with Crippen molar-refractivity contribution in [2.75, 3.05) is 78.5 Å². The standard InChI is InChI=1S/C17H32N4O6/c1-2-18-5-7-19(4-3-15(22)23)8-10-21(14-17(26)27)12-11-20(9-6-18)13-16(24)25/h2-14H2,1H3,(H,22,23)(H,24,25)(H,26,27). The van der Waals surface area contributed by atoms with Gasteiger partial charge in [-0.25, -0.2) is 0 Å². The molecule has 1 aliphatic heterocycles. The van der Waals surface area contributed by atoms with Gasteiger partial charge in [-0.15, -0.1) is 0 Å². The third kappa shape index (κ3) is 10.9. The molecule has 1 fully saturated rings. The number of nitrogens with zero attached hydrogens (tertiary/aromatic N) is 4. The van der Waals surface area contributed by atoms with E-state index in [2.05, 4.69) is 9.80 Å². The summed E-state index contributed by atoms with van der Waals surface area (Å²) in [6, 6.07) is 0. The fraction of sp³-hybridized carbons (Fsp3) is 0.824. The average Bonchev–Trinajstić information content (AvgIpc) is 2.58. The number of carboxylic acids is 3. The van der Waals surface area contributed by atoms with Crippen LogP contribution in [0.25, 0.3) is 0 Å². The van der Waals surface area contributed by atoms with Crippen molar-refractivity contribution in [3.8, 4) is 0 Å². The summed E-state index contributed by atoms with van der Waals surface area (Å²) in [6.45, 7) is 7.91. The minimum Gasteiger partial charge on any atom is -0.481 e. The van der Waals surface area contributed by atoms with Crippen LogP contribution in [0.4, 0.5) is 0 Å². The Hall–Kier alpha value is -1.75. The first-order valence-corrected chi connectivity index (χ1v) is 9.35. The molecule has 0 aliphatic carbocycles. The number of hydrogen-bond donors (Lipinski definition) is 3. The Morgan fingerprint density at radius 1 is 0.630 bits per heavy atom. The van der Waals surface area contributed by atoms with Gasteiger partial charge in [0, 0.05) is 58.9 Å². The Morgan fingerprint density at radius 2 is 1.00 bits per heavy atom. The molecule has 27 heavy (non-hydrogen) atoms. The summed E-state index contributed by atoms with van der Waals surface area (Å²) in [7, 11) is 0. The average molecular weight is 388 g/mol. The first-order valence-electron chi connectivity index (χ1n) is 9.35. The van der Waals surface area contributed by atoms with Gasteiger partial charge in [0.2, 0.25) is 0 Å².